The molecule has 0 aliphatic carbocycles. The highest BCUT2D eigenvalue weighted by atomic mass is 16.5. The van der Waals surface area contributed by atoms with Crippen LogP contribution in [0.3, 0.4) is 0 Å². The SMILES string of the molecule is CCc1ccc(Cn2nnc(C(=O)OC)c2CCN)cc1. The summed E-state index contributed by atoms with van der Waals surface area (Å²) in [6.45, 7) is 3.10. The van der Waals surface area contributed by atoms with E-state index < -0.39 is 5.97 Å². The van der Waals surface area contributed by atoms with E-state index in [4.69, 9.17) is 10.5 Å². The molecule has 2 rings (SSSR count). The van der Waals surface area contributed by atoms with Crippen LogP contribution in [0.5, 0.6) is 0 Å². The van der Waals surface area contributed by atoms with Crippen LogP contribution in [0.15, 0.2) is 24.3 Å². The van der Waals surface area contributed by atoms with Gasteiger partial charge in [-0.05, 0) is 24.1 Å². The van der Waals surface area contributed by atoms with Crippen LogP contribution >= 0.6 is 0 Å². The third kappa shape index (κ3) is 3.46. The van der Waals surface area contributed by atoms with Gasteiger partial charge in [0.2, 0.25) is 0 Å². The number of carbonyl (C=O) groups is 1. The second-order valence-corrected chi connectivity index (χ2v) is 4.74. The average Bonchev–Trinajstić information content (AvgIpc) is 2.90. The molecule has 0 unspecified atom stereocenters. The number of aryl methyl sites for hydroxylation is 1. The van der Waals surface area contributed by atoms with E-state index in [1.165, 1.54) is 12.7 Å². The Morgan fingerprint density at radius 2 is 1.95 bits per heavy atom. The molecule has 0 aliphatic heterocycles. The van der Waals surface area contributed by atoms with Crippen molar-refractivity contribution >= 4 is 5.97 Å². The van der Waals surface area contributed by atoms with Crippen molar-refractivity contribution in [3.8, 4) is 0 Å². The Bertz CT molecular complexity index is 605. The molecule has 0 spiro atoms. The molecule has 1 aromatic carbocycles. The summed E-state index contributed by atoms with van der Waals surface area (Å²) < 4.78 is 6.43. The van der Waals surface area contributed by atoms with Gasteiger partial charge < -0.3 is 10.5 Å². The largest absolute Gasteiger partial charge is 0.464 e. The molecular weight excluding hydrogens is 268 g/mol. The van der Waals surface area contributed by atoms with Gasteiger partial charge in [0.25, 0.3) is 0 Å². The van der Waals surface area contributed by atoms with Gasteiger partial charge in [0, 0.05) is 6.42 Å². The van der Waals surface area contributed by atoms with E-state index in [-0.39, 0.29) is 5.69 Å². The molecule has 0 amide bonds. The summed E-state index contributed by atoms with van der Waals surface area (Å²) >= 11 is 0. The molecule has 2 N–H and O–H groups in total. The van der Waals surface area contributed by atoms with Gasteiger partial charge >= 0.3 is 5.97 Å². The monoisotopic (exact) mass is 288 g/mol. The van der Waals surface area contributed by atoms with Crippen LogP contribution < -0.4 is 5.73 Å². The Kier molecular flexibility index (Phi) is 5.05. The number of methoxy groups -OCH3 is 1. The summed E-state index contributed by atoms with van der Waals surface area (Å²) in [5.41, 5.74) is 8.96. The number of esters is 1. The summed E-state index contributed by atoms with van der Waals surface area (Å²) in [5, 5.41) is 7.97. The lowest BCUT2D eigenvalue weighted by Gasteiger charge is -2.07. The molecule has 0 aliphatic rings. The van der Waals surface area contributed by atoms with E-state index in [0.29, 0.717) is 25.2 Å². The van der Waals surface area contributed by atoms with Gasteiger partial charge in [-0.3, -0.25) is 0 Å². The summed E-state index contributed by atoms with van der Waals surface area (Å²) in [6.07, 6.45) is 1.54. The summed E-state index contributed by atoms with van der Waals surface area (Å²) in [5.74, 6) is -0.481. The average molecular weight is 288 g/mol. The van der Waals surface area contributed by atoms with E-state index in [1.54, 1.807) is 4.68 Å². The first-order chi connectivity index (χ1) is 10.2. The molecule has 1 heterocycles. The molecule has 6 nitrogen and oxygen atoms in total. The van der Waals surface area contributed by atoms with Gasteiger partial charge in [-0.15, -0.1) is 5.10 Å². The zero-order valence-electron chi connectivity index (χ0n) is 12.4. The number of nitrogens with two attached hydrogens (primary N) is 1. The van der Waals surface area contributed by atoms with Crippen molar-refractivity contribution in [1.82, 2.24) is 15.0 Å². The molecule has 21 heavy (non-hydrogen) atoms. The van der Waals surface area contributed by atoms with Gasteiger partial charge in [0.05, 0.1) is 19.3 Å². The van der Waals surface area contributed by atoms with E-state index >= 15 is 0 Å². The first-order valence-corrected chi connectivity index (χ1v) is 6.98. The maximum Gasteiger partial charge on any atom is 0.360 e. The lowest BCUT2D eigenvalue weighted by atomic mass is 10.1. The molecule has 0 bridgehead atoms. The highest BCUT2D eigenvalue weighted by molar-refractivity contribution is 5.88. The van der Waals surface area contributed by atoms with Gasteiger partial charge in [0.15, 0.2) is 5.69 Å². The van der Waals surface area contributed by atoms with Crippen LogP contribution in [-0.2, 0) is 24.1 Å². The molecular formula is C15H20N4O2. The second-order valence-electron chi connectivity index (χ2n) is 4.74. The van der Waals surface area contributed by atoms with Crippen LogP contribution in [0.2, 0.25) is 0 Å². The number of carbonyl (C=O) groups excluding carboxylic acids is 1. The van der Waals surface area contributed by atoms with Gasteiger partial charge in [-0.2, -0.15) is 0 Å². The summed E-state index contributed by atoms with van der Waals surface area (Å²) in [4.78, 5) is 11.7. The minimum atomic E-state index is -0.481. The maximum absolute atomic E-state index is 11.7. The Balaban J connectivity index is 2.25. The fourth-order valence-electron chi connectivity index (χ4n) is 2.15. The Morgan fingerprint density at radius 3 is 2.52 bits per heavy atom. The lowest BCUT2D eigenvalue weighted by molar-refractivity contribution is 0.0592. The van der Waals surface area contributed by atoms with Crippen LogP contribution in [0.25, 0.3) is 0 Å². The number of nitrogens with zero attached hydrogens (tertiary/aromatic N) is 3. The first-order valence-electron chi connectivity index (χ1n) is 6.98. The van der Waals surface area contributed by atoms with Crippen molar-refractivity contribution in [2.24, 2.45) is 5.73 Å². The smallest absolute Gasteiger partial charge is 0.360 e. The zero-order chi connectivity index (χ0) is 15.2. The molecule has 6 heteroatoms. The lowest BCUT2D eigenvalue weighted by Crippen LogP contribution is -2.14. The third-order valence-electron chi connectivity index (χ3n) is 3.36. The fourth-order valence-corrected chi connectivity index (χ4v) is 2.15. The van der Waals surface area contributed by atoms with Crippen LogP contribution in [0, 0.1) is 0 Å². The van der Waals surface area contributed by atoms with Gasteiger partial charge in [-0.1, -0.05) is 36.4 Å². The highest BCUT2D eigenvalue weighted by Crippen LogP contribution is 2.12. The van der Waals surface area contributed by atoms with Crippen LogP contribution in [0.4, 0.5) is 0 Å². The predicted octanol–water partition coefficient (Wildman–Crippen LogP) is 1.18. The minimum absolute atomic E-state index is 0.244. The number of aromatic nitrogens is 3. The summed E-state index contributed by atoms with van der Waals surface area (Å²) in [6, 6.07) is 8.31. The number of hydrogen-bond donors (Lipinski definition) is 1. The van der Waals surface area contributed by atoms with Gasteiger partial charge in [-0.25, -0.2) is 9.48 Å². The fraction of sp³-hybridized carbons (Fsp3) is 0.400. The maximum atomic E-state index is 11.7. The standard InChI is InChI=1S/C15H20N4O2/c1-3-11-4-6-12(7-5-11)10-19-13(8-9-16)14(17-18-19)15(20)21-2/h4-7H,3,8-10,16H2,1-2H3. The topological polar surface area (TPSA) is 83.0 Å². The molecule has 0 saturated carbocycles. The predicted molar refractivity (Wildman–Crippen MR) is 79.0 cm³/mol. The first kappa shape index (κ1) is 15.2. The number of benzene rings is 1. The van der Waals surface area contributed by atoms with E-state index in [2.05, 4.69) is 41.5 Å². The summed E-state index contributed by atoms with van der Waals surface area (Å²) in [7, 11) is 1.33. The minimum Gasteiger partial charge on any atom is -0.464 e. The van der Waals surface area contributed by atoms with Crippen molar-refractivity contribution in [2.45, 2.75) is 26.3 Å². The normalized spacial score (nSPS) is 10.6. The molecule has 0 atom stereocenters. The van der Waals surface area contributed by atoms with Crippen LogP contribution in [-0.4, -0.2) is 34.6 Å². The molecule has 0 fully saturated rings. The number of rotatable bonds is 6. The highest BCUT2D eigenvalue weighted by Gasteiger charge is 2.19. The molecule has 1 aromatic heterocycles. The number of ether oxygens (including phenoxy) is 1. The Morgan fingerprint density at radius 1 is 1.29 bits per heavy atom. The van der Waals surface area contributed by atoms with E-state index in [1.807, 2.05) is 0 Å². The Hall–Kier alpha value is -2.21. The molecule has 2 aromatic rings. The van der Waals surface area contributed by atoms with Crippen molar-refractivity contribution in [1.29, 1.82) is 0 Å². The van der Waals surface area contributed by atoms with E-state index in [0.717, 1.165) is 12.0 Å². The van der Waals surface area contributed by atoms with Gasteiger partial charge in [0.1, 0.15) is 0 Å². The molecule has 0 radical (unpaired) electrons. The van der Waals surface area contributed by atoms with Crippen molar-refractivity contribution < 1.29 is 9.53 Å². The van der Waals surface area contributed by atoms with Crippen molar-refractivity contribution in [3.63, 3.8) is 0 Å². The third-order valence-corrected chi connectivity index (χ3v) is 3.36. The molecule has 0 saturated heterocycles. The Labute approximate surface area is 123 Å². The van der Waals surface area contributed by atoms with E-state index in [9.17, 15) is 4.79 Å². The zero-order valence-corrected chi connectivity index (χ0v) is 12.4. The van der Waals surface area contributed by atoms with Crippen molar-refractivity contribution in [3.05, 3.63) is 46.8 Å². The quantitative estimate of drug-likeness (QED) is 0.807. The molecule has 112 valence electrons. The second kappa shape index (κ2) is 6.99. The van der Waals surface area contributed by atoms with Crippen molar-refractivity contribution in [2.75, 3.05) is 13.7 Å². The number of hydrogen-bond acceptors (Lipinski definition) is 5. The van der Waals surface area contributed by atoms with Crippen LogP contribution in [0.1, 0.15) is 34.2 Å².